The summed E-state index contributed by atoms with van der Waals surface area (Å²) in [5.74, 6) is 0.0184. The van der Waals surface area contributed by atoms with Gasteiger partial charge < -0.3 is 20.7 Å². The lowest BCUT2D eigenvalue weighted by atomic mass is 10.00. The van der Waals surface area contributed by atoms with Gasteiger partial charge in [0.1, 0.15) is 0 Å². The molecule has 1 aliphatic rings. The minimum absolute atomic E-state index is 0.0184. The molecule has 27 heavy (non-hydrogen) atoms. The summed E-state index contributed by atoms with van der Waals surface area (Å²) < 4.78 is 5.71. The van der Waals surface area contributed by atoms with Crippen LogP contribution in [-0.2, 0) is 29.1 Å². The van der Waals surface area contributed by atoms with Crippen LogP contribution in [0.5, 0.6) is 0 Å². The molecule has 0 radical (unpaired) electrons. The number of rotatable bonds is 7. The van der Waals surface area contributed by atoms with Crippen molar-refractivity contribution >= 4 is 17.3 Å². The molecule has 0 bridgehead atoms. The zero-order valence-corrected chi connectivity index (χ0v) is 16.2. The molecule has 2 aromatic carbocycles. The van der Waals surface area contributed by atoms with Crippen LogP contribution in [0.1, 0.15) is 37.0 Å². The van der Waals surface area contributed by atoms with Gasteiger partial charge in [-0.15, -0.1) is 0 Å². The van der Waals surface area contributed by atoms with Gasteiger partial charge in [0.2, 0.25) is 5.91 Å². The second-order valence-corrected chi connectivity index (χ2v) is 7.28. The van der Waals surface area contributed by atoms with Gasteiger partial charge in [-0.05, 0) is 55.5 Å². The first-order valence-electron chi connectivity index (χ1n) is 9.62. The number of carbonyl (C=O) groups excluding carboxylic acids is 1. The topological polar surface area (TPSA) is 67.6 Å². The van der Waals surface area contributed by atoms with E-state index in [4.69, 9.17) is 10.5 Å². The van der Waals surface area contributed by atoms with Crippen molar-refractivity contribution < 1.29 is 9.53 Å². The maximum atomic E-state index is 12.5. The number of hydrogen-bond acceptors (Lipinski definition) is 4. The van der Waals surface area contributed by atoms with Crippen LogP contribution in [-0.4, -0.2) is 25.1 Å². The fraction of sp³-hybridized carbons (Fsp3) is 0.409. The smallest absolute Gasteiger partial charge is 0.239 e. The van der Waals surface area contributed by atoms with E-state index in [2.05, 4.69) is 16.3 Å². The third-order valence-electron chi connectivity index (χ3n) is 4.88. The summed E-state index contributed by atoms with van der Waals surface area (Å²) in [6, 6.07) is 14.0. The van der Waals surface area contributed by atoms with E-state index in [1.807, 2.05) is 50.2 Å². The van der Waals surface area contributed by atoms with Gasteiger partial charge in [0.25, 0.3) is 0 Å². The summed E-state index contributed by atoms with van der Waals surface area (Å²) in [6.45, 7) is 6.33. The Morgan fingerprint density at radius 3 is 2.74 bits per heavy atom. The average Bonchev–Trinajstić information content (AvgIpc) is 2.66. The number of amides is 1. The van der Waals surface area contributed by atoms with Crippen LogP contribution in [0.3, 0.4) is 0 Å². The highest BCUT2D eigenvalue weighted by atomic mass is 16.5. The van der Waals surface area contributed by atoms with Crippen LogP contribution in [0.4, 0.5) is 11.4 Å². The van der Waals surface area contributed by atoms with Crippen molar-refractivity contribution in [1.82, 2.24) is 5.32 Å². The van der Waals surface area contributed by atoms with E-state index >= 15 is 0 Å². The summed E-state index contributed by atoms with van der Waals surface area (Å²) in [7, 11) is 0. The Morgan fingerprint density at radius 2 is 1.96 bits per heavy atom. The molecular formula is C22H29N3O2. The molecule has 5 heteroatoms. The summed E-state index contributed by atoms with van der Waals surface area (Å²) in [5, 5.41) is 3.05. The molecule has 1 aliphatic heterocycles. The first-order chi connectivity index (χ1) is 13.0. The normalized spacial score (nSPS) is 13.5. The molecule has 5 nitrogen and oxygen atoms in total. The van der Waals surface area contributed by atoms with Gasteiger partial charge in [-0.2, -0.15) is 0 Å². The Labute approximate surface area is 161 Å². The van der Waals surface area contributed by atoms with Crippen molar-refractivity contribution in [2.24, 2.45) is 0 Å². The highest BCUT2D eigenvalue weighted by Gasteiger charge is 2.20. The molecule has 1 heterocycles. The zero-order valence-electron chi connectivity index (χ0n) is 16.2. The second kappa shape index (κ2) is 8.91. The first kappa shape index (κ1) is 19.2. The molecular weight excluding hydrogens is 338 g/mol. The zero-order chi connectivity index (χ0) is 19.2. The maximum Gasteiger partial charge on any atom is 0.239 e. The summed E-state index contributed by atoms with van der Waals surface area (Å²) in [5.41, 5.74) is 11.4. The number of anilines is 2. The third-order valence-corrected chi connectivity index (χ3v) is 4.88. The van der Waals surface area contributed by atoms with Crippen LogP contribution < -0.4 is 16.0 Å². The number of benzene rings is 2. The Morgan fingerprint density at radius 1 is 1.19 bits per heavy atom. The van der Waals surface area contributed by atoms with Crippen molar-refractivity contribution in [2.75, 3.05) is 23.7 Å². The fourth-order valence-electron chi connectivity index (χ4n) is 3.44. The van der Waals surface area contributed by atoms with Crippen LogP contribution in [0.15, 0.2) is 42.5 Å². The van der Waals surface area contributed by atoms with E-state index in [-0.39, 0.29) is 12.0 Å². The van der Waals surface area contributed by atoms with Crippen molar-refractivity contribution in [3.63, 3.8) is 0 Å². The van der Waals surface area contributed by atoms with Gasteiger partial charge in [-0.1, -0.05) is 30.3 Å². The van der Waals surface area contributed by atoms with E-state index in [1.54, 1.807) is 0 Å². The van der Waals surface area contributed by atoms with Crippen molar-refractivity contribution in [3.8, 4) is 0 Å². The van der Waals surface area contributed by atoms with Gasteiger partial charge in [0.15, 0.2) is 0 Å². The molecule has 3 rings (SSSR count). The van der Waals surface area contributed by atoms with Crippen LogP contribution in [0, 0.1) is 0 Å². The Hall–Kier alpha value is -2.53. The van der Waals surface area contributed by atoms with Crippen molar-refractivity contribution in [3.05, 3.63) is 59.2 Å². The summed E-state index contributed by atoms with van der Waals surface area (Å²) in [4.78, 5) is 14.7. The quantitative estimate of drug-likeness (QED) is 0.737. The predicted octanol–water partition coefficient (Wildman–Crippen LogP) is 3.26. The van der Waals surface area contributed by atoms with E-state index in [0.29, 0.717) is 19.7 Å². The number of nitrogens with zero attached hydrogens (tertiary/aromatic N) is 1. The number of nitrogens with two attached hydrogens (primary N) is 1. The minimum atomic E-state index is 0.0184. The molecule has 0 aliphatic carbocycles. The van der Waals surface area contributed by atoms with Gasteiger partial charge in [0, 0.05) is 24.5 Å². The van der Waals surface area contributed by atoms with Crippen LogP contribution >= 0.6 is 0 Å². The SMILES string of the molecule is CC(C)OCc1ccccc1CNC(=O)CN1CCCc2c(N)cccc21. The lowest BCUT2D eigenvalue weighted by molar-refractivity contribution is -0.119. The van der Waals surface area contributed by atoms with Gasteiger partial charge in [-0.25, -0.2) is 0 Å². The van der Waals surface area contributed by atoms with Gasteiger partial charge in [0.05, 0.1) is 19.3 Å². The van der Waals surface area contributed by atoms with E-state index in [9.17, 15) is 4.79 Å². The molecule has 2 aromatic rings. The molecule has 0 saturated heterocycles. The number of nitrogens with one attached hydrogen (secondary N) is 1. The standard InChI is InChI=1S/C22H29N3O2/c1-16(2)27-15-18-8-4-3-7-17(18)13-24-22(26)14-25-12-6-9-19-20(23)10-5-11-21(19)25/h3-5,7-8,10-11,16H,6,9,12-15,23H2,1-2H3,(H,24,26). The van der Waals surface area contributed by atoms with E-state index < -0.39 is 0 Å². The molecule has 0 spiro atoms. The molecule has 0 atom stereocenters. The molecule has 3 N–H and O–H groups in total. The maximum absolute atomic E-state index is 12.5. The molecule has 0 saturated carbocycles. The monoisotopic (exact) mass is 367 g/mol. The Kier molecular flexibility index (Phi) is 6.35. The largest absolute Gasteiger partial charge is 0.398 e. The third kappa shape index (κ3) is 5.01. The second-order valence-electron chi connectivity index (χ2n) is 7.28. The number of fused-ring (bicyclic) bond motifs is 1. The number of hydrogen-bond donors (Lipinski definition) is 2. The fourth-order valence-corrected chi connectivity index (χ4v) is 3.44. The first-order valence-corrected chi connectivity index (χ1v) is 9.62. The van der Waals surface area contributed by atoms with Gasteiger partial charge in [-0.3, -0.25) is 4.79 Å². The Bertz CT molecular complexity index is 789. The molecule has 0 aromatic heterocycles. The van der Waals surface area contributed by atoms with Crippen LogP contribution in [0.25, 0.3) is 0 Å². The minimum Gasteiger partial charge on any atom is -0.398 e. The average molecular weight is 367 g/mol. The van der Waals surface area contributed by atoms with Gasteiger partial charge >= 0.3 is 0 Å². The summed E-state index contributed by atoms with van der Waals surface area (Å²) >= 11 is 0. The number of carbonyl (C=O) groups is 1. The highest BCUT2D eigenvalue weighted by Crippen LogP contribution is 2.30. The van der Waals surface area contributed by atoms with Crippen molar-refractivity contribution in [1.29, 1.82) is 0 Å². The lowest BCUT2D eigenvalue weighted by Gasteiger charge is -2.31. The van der Waals surface area contributed by atoms with E-state index in [1.165, 1.54) is 0 Å². The highest BCUT2D eigenvalue weighted by molar-refractivity contribution is 5.82. The summed E-state index contributed by atoms with van der Waals surface area (Å²) in [6.07, 6.45) is 2.17. The van der Waals surface area contributed by atoms with Crippen LogP contribution in [0.2, 0.25) is 0 Å². The molecule has 144 valence electrons. The molecule has 1 amide bonds. The predicted molar refractivity (Wildman–Crippen MR) is 110 cm³/mol. The van der Waals surface area contributed by atoms with Crippen molar-refractivity contribution in [2.45, 2.75) is 45.9 Å². The molecule has 0 fully saturated rings. The number of ether oxygens (including phenoxy) is 1. The lowest BCUT2D eigenvalue weighted by Crippen LogP contribution is -2.39. The van der Waals surface area contributed by atoms with E-state index in [0.717, 1.165) is 47.5 Å². The Balaban J connectivity index is 1.60. The molecule has 0 unspecified atom stereocenters. The number of nitrogen functional groups attached to an aromatic ring is 1.